The molecule has 0 atom stereocenters. The van der Waals surface area contributed by atoms with Gasteiger partial charge in [0.05, 0.1) is 22.8 Å². The molecule has 0 bridgehead atoms. The smallest absolute Gasteiger partial charge is 0.339 e. The molecule has 0 saturated heterocycles. The van der Waals surface area contributed by atoms with E-state index < -0.39 is 5.97 Å². The van der Waals surface area contributed by atoms with Gasteiger partial charge in [0.15, 0.2) is 5.75 Å². The van der Waals surface area contributed by atoms with Crippen molar-refractivity contribution in [3.05, 3.63) is 32.3 Å². The van der Waals surface area contributed by atoms with Gasteiger partial charge in [0, 0.05) is 9.86 Å². The van der Waals surface area contributed by atoms with Crippen LogP contribution in [-0.2, 0) is 4.74 Å². The van der Waals surface area contributed by atoms with Gasteiger partial charge in [-0.15, -0.1) is 0 Å². The maximum Gasteiger partial charge on any atom is 0.339 e. The Bertz CT molecular complexity index is 656. The van der Waals surface area contributed by atoms with Gasteiger partial charge in [0.2, 0.25) is 0 Å². The van der Waals surface area contributed by atoms with Gasteiger partial charge in [0.25, 0.3) is 0 Å². The van der Waals surface area contributed by atoms with E-state index in [9.17, 15) is 9.90 Å². The van der Waals surface area contributed by atoms with Gasteiger partial charge in [-0.25, -0.2) is 9.78 Å². The summed E-state index contributed by atoms with van der Waals surface area (Å²) in [6.07, 6.45) is 0. The van der Waals surface area contributed by atoms with Gasteiger partial charge in [-0.2, -0.15) is 0 Å². The highest BCUT2D eigenvalue weighted by atomic mass is 79.9. The van der Waals surface area contributed by atoms with Crippen molar-refractivity contribution in [3.8, 4) is 5.75 Å². The molecular formula is C12H9Br2NO3. The Hall–Kier alpha value is -1.14. The number of rotatable bonds is 1. The second kappa shape index (κ2) is 4.85. The average Bonchev–Trinajstić information content (AvgIpc) is 2.34. The second-order valence-electron chi connectivity index (χ2n) is 3.70. The SMILES string of the molecule is COC(=O)c1cc2c(Br)cc(Br)c(O)c2nc1C. The Morgan fingerprint density at radius 2 is 2.00 bits per heavy atom. The minimum Gasteiger partial charge on any atom is -0.505 e. The molecule has 6 heteroatoms. The van der Waals surface area contributed by atoms with Crippen LogP contribution in [0.3, 0.4) is 0 Å². The number of esters is 1. The Kier molecular flexibility index (Phi) is 3.59. The zero-order chi connectivity index (χ0) is 13.4. The molecule has 1 heterocycles. The lowest BCUT2D eigenvalue weighted by atomic mass is 10.1. The molecule has 4 nitrogen and oxygen atoms in total. The minimum atomic E-state index is -0.448. The van der Waals surface area contributed by atoms with E-state index in [1.807, 2.05) is 0 Å². The average molecular weight is 375 g/mol. The van der Waals surface area contributed by atoms with E-state index in [-0.39, 0.29) is 5.75 Å². The number of fused-ring (bicyclic) bond motifs is 1. The second-order valence-corrected chi connectivity index (χ2v) is 5.41. The summed E-state index contributed by atoms with van der Waals surface area (Å²) in [7, 11) is 1.32. The number of carbonyl (C=O) groups is 1. The highest BCUT2D eigenvalue weighted by Gasteiger charge is 2.16. The number of ether oxygens (including phenoxy) is 1. The van der Waals surface area contributed by atoms with Crippen molar-refractivity contribution >= 4 is 48.7 Å². The first-order valence-electron chi connectivity index (χ1n) is 5.02. The molecule has 0 aliphatic rings. The van der Waals surface area contributed by atoms with E-state index in [4.69, 9.17) is 4.74 Å². The first-order valence-corrected chi connectivity index (χ1v) is 6.61. The molecule has 0 aliphatic carbocycles. The zero-order valence-electron chi connectivity index (χ0n) is 9.62. The van der Waals surface area contributed by atoms with Crippen molar-refractivity contribution in [1.82, 2.24) is 4.98 Å². The van der Waals surface area contributed by atoms with Crippen molar-refractivity contribution in [1.29, 1.82) is 0 Å². The number of hydrogen-bond donors (Lipinski definition) is 1. The lowest BCUT2D eigenvalue weighted by molar-refractivity contribution is 0.0599. The van der Waals surface area contributed by atoms with Crippen LogP contribution in [0.15, 0.2) is 21.1 Å². The predicted molar refractivity (Wildman–Crippen MR) is 74.9 cm³/mol. The normalized spacial score (nSPS) is 10.7. The molecule has 94 valence electrons. The number of halogens is 2. The number of benzene rings is 1. The fourth-order valence-corrected chi connectivity index (χ4v) is 2.91. The summed E-state index contributed by atoms with van der Waals surface area (Å²) in [6, 6.07) is 3.36. The lowest BCUT2D eigenvalue weighted by Gasteiger charge is -2.09. The quantitative estimate of drug-likeness (QED) is 0.775. The Morgan fingerprint density at radius 1 is 1.33 bits per heavy atom. The van der Waals surface area contributed by atoms with Crippen LogP contribution in [0.5, 0.6) is 5.75 Å². The fourth-order valence-electron chi connectivity index (χ4n) is 1.65. The van der Waals surface area contributed by atoms with Crippen molar-refractivity contribution in [2.45, 2.75) is 6.92 Å². The third kappa shape index (κ3) is 2.10. The number of pyridine rings is 1. The van der Waals surface area contributed by atoms with Crippen LogP contribution >= 0.6 is 31.9 Å². The molecule has 1 aromatic heterocycles. The van der Waals surface area contributed by atoms with Gasteiger partial charge in [-0.1, -0.05) is 15.9 Å². The first-order chi connectivity index (χ1) is 8.45. The van der Waals surface area contributed by atoms with Crippen LogP contribution < -0.4 is 0 Å². The molecule has 0 spiro atoms. The van der Waals surface area contributed by atoms with Gasteiger partial charge in [-0.3, -0.25) is 0 Å². The lowest BCUT2D eigenvalue weighted by Crippen LogP contribution is -2.05. The molecule has 2 aromatic rings. The molecule has 1 N–H and O–H groups in total. The number of aromatic nitrogens is 1. The van der Waals surface area contributed by atoms with Crippen molar-refractivity contribution in [2.24, 2.45) is 0 Å². The fraction of sp³-hybridized carbons (Fsp3) is 0.167. The summed E-state index contributed by atoms with van der Waals surface area (Å²) in [4.78, 5) is 15.8. The predicted octanol–water partition coefficient (Wildman–Crippen LogP) is 3.56. The largest absolute Gasteiger partial charge is 0.505 e. The van der Waals surface area contributed by atoms with Crippen molar-refractivity contribution < 1.29 is 14.6 Å². The molecule has 0 radical (unpaired) electrons. The van der Waals surface area contributed by atoms with Crippen LogP contribution in [0.1, 0.15) is 16.1 Å². The van der Waals surface area contributed by atoms with Gasteiger partial charge in [0.1, 0.15) is 5.52 Å². The number of aromatic hydroxyl groups is 1. The van der Waals surface area contributed by atoms with E-state index in [0.29, 0.717) is 26.6 Å². The van der Waals surface area contributed by atoms with Crippen LogP contribution in [0, 0.1) is 6.92 Å². The summed E-state index contributed by atoms with van der Waals surface area (Å²) >= 11 is 6.62. The Morgan fingerprint density at radius 3 is 2.61 bits per heavy atom. The van der Waals surface area contributed by atoms with Crippen molar-refractivity contribution in [2.75, 3.05) is 7.11 Å². The van der Waals surface area contributed by atoms with Gasteiger partial charge in [-0.05, 0) is 35.0 Å². The summed E-state index contributed by atoms with van der Waals surface area (Å²) in [5.74, 6) is -0.399. The van der Waals surface area contributed by atoms with E-state index in [1.165, 1.54) is 7.11 Å². The number of phenols is 1. The topological polar surface area (TPSA) is 59.4 Å². The molecule has 0 saturated carbocycles. The van der Waals surface area contributed by atoms with E-state index >= 15 is 0 Å². The summed E-state index contributed by atoms with van der Waals surface area (Å²) < 4.78 is 5.97. The van der Waals surface area contributed by atoms with E-state index in [1.54, 1.807) is 19.1 Å². The molecular weight excluding hydrogens is 366 g/mol. The Labute approximate surface area is 120 Å². The molecule has 18 heavy (non-hydrogen) atoms. The summed E-state index contributed by atoms with van der Waals surface area (Å²) in [5.41, 5.74) is 1.32. The number of aryl methyl sites for hydroxylation is 1. The number of hydrogen-bond acceptors (Lipinski definition) is 4. The van der Waals surface area contributed by atoms with Gasteiger partial charge >= 0.3 is 5.97 Å². The third-order valence-electron chi connectivity index (χ3n) is 2.58. The molecule has 0 unspecified atom stereocenters. The first kappa shape index (κ1) is 13.3. The van der Waals surface area contributed by atoms with Crippen LogP contribution in [-0.4, -0.2) is 23.2 Å². The maximum absolute atomic E-state index is 11.6. The monoisotopic (exact) mass is 373 g/mol. The number of carbonyl (C=O) groups excluding carboxylic acids is 1. The highest BCUT2D eigenvalue weighted by Crippen LogP contribution is 2.37. The van der Waals surface area contributed by atoms with Crippen LogP contribution in [0.4, 0.5) is 0 Å². The molecule has 0 aliphatic heterocycles. The number of phenolic OH excluding ortho intramolecular Hbond substituents is 1. The highest BCUT2D eigenvalue weighted by molar-refractivity contribution is 9.11. The Balaban J connectivity index is 2.84. The standard InChI is InChI=1S/C12H9Br2NO3/c1-5-6(12(17)18-2)3-7-8(13)4-9(14)11(16)10(7)15-5/h3-4,16H,1-2H3. The summed E-state index contributed by atoms with van der Waals surface area (Å²) in [6.45, 7) is 1.69. The van der Waals surface area contributed by atoms with Crippen LogP contribution in [0.25, 0.3) is 10.9 Å². The molecule has 0 fully saturated rings. The molecule has 1 aromatic carbocycles. The molecule has 2 rings (SSSR count). The van der Waals surface area contributed by atoms with E-state index in [0.717, 1.165) is 4.47 Å². The van der Waals surface area contributed by atoms with E-state index in [2.05, 4.69) is 36.8 Å². The minimum absolute atomic E-state index is 0.0488. The van der Waals surface area contributed by atoms with Gasteiger partial charge < -0.3 is 9.84 Å². The molecule has 0 amide bonds. The number of methoxy groups -OCH3 is 1. The van der Waals surface area contributed by atoms with Crippen LogP contribution in [0.2, 0.25) is 0 Å². The van der Waals surface area contributed by atoms with Crippen molar-refractivity contribution in [3.63, 3.8) is 0 Å². The summed E-state index contributed by atoms with van der Waals surface area (Å²) in [5, 5.41) is 10.6. The third-order valence-corrected chi connectivity index (χ3v) is 3.84. The maximum atomic E-state index is 11.6. The number of nitrogens with zero attached hydrogens (tertiary/aromatic N) is 1. The zero-order valence-corrected chi connectivity index (χ0v) is 12.8.